The van der Waals surface area contributed by atoms with Crippen LogP contribution in [0.25, 0.3) is 0 Å². The van der Waals surface area contributed by atoms with Crippen molar-refractivity contribution in [2.45, 2.75) is 25.6 Å². The van der Waals surface area contributed by atoms with Gasteiger partial charge in [0.15, 0.2) is 0 Å². The van der Waals surface area contributed by atoms with Crippen LogP contribution in [-0.2, 0) is 6.54 Å². The van der Waals surface area contributed by atoms with Gasteiger partial charge in [-0.25, -0.2) is 0 Å². The predicted molar refractivity (Wildman–Crippen MR) is 94.5 cm³/mol. The van der Waals surface area contributed by atoms with E-state index in [1.807, 2.05) is 30.3 Å². The molecule has 3 atom stereocenters. The van der Waals surface area contributed by atoms with E-state index >= 15 is 0 Å². The fourth-order valence-electron chi connectivity index (χ4n) is 4.18. The molecule has 1 saturated heterocycles. The number of carbonyl (C=O) groups is 1. The minimum atomic E-state index is -0.170. The number of benzene rings is 2. The van der Waals surface area contributed by atoms with Crippen molar-refractivity contribution in [2.24, 2.45) is 11.1 Å². The molecule has 2 heterocycles. The van der Waals surface area contributed by atoms with Gasteiger partial charge in [-0.2, -0.15) is 0 Å². The second-order valence-electron chi connectivity index (χ2n) is 7.25. The Labute approximate surface area is 142 Å². The summed E-state index contributed by atoms with van der Waals surface area (Å²) < 4.78 is 0. The summed E-state index contributed by atoms with van der Waals surface area (Å²) in [6.45, 7) is 4.80. The van der Waals surface area contributed by atoms with Gasteiger partial charge in [-0.05, 0) is 17.2 Å². The Morgan fingerprint density at radius 2 is 1.88 bits per heavy atom. The minimum Gasteiger partial charge on any atom is -0.347 e. The summed E-state index contributed by atoms with van der Waals surface area (Å²) >= 11 is 0. The van der Waals surface area contributed by atoms with Gasteiger partial charge in [0.2, 0.25) is 0 Å². The van der Waals surface area contributed by atoms with E-state index in [-0.39, 0.29) is 23.4 Å². The van der Waals surface area contributed by atoms with Crippen molar-refractivity contribution in [3.63, 3.8) is 0 Å². The van der Waals surface area contributed by atoms with Crippen LogP contribution in [0.3, 0.4) is 0 Å². The molecular formula is C20H23N3O. The van der Waals surface area contributed by atoms with E-state index in [0.29, 0.717) is 0 Å². The molecule has 2 aliphatic heterocycles. The van der Waals surface area contributed by atoms with E-state index < -0.39 is 0 Å². The van der Waals surface area contributed by atoms with Gasteiger partial charge in [0, 0.05) is 36.7 Å². The lowest BCUT2D eigenvalue weighted by Gasteiger charge is -2.35. The molecule has 0 bridgehead atoms. The Morgan fingerprint density at radius 1 is 1.17 bits per heavy atom. The monoisotopic (exact) mass is 321 g/mol. The molecular weight excluding hydrogens is 298 g/mol. The molecule has 0 aromatic heterocycles. The van der Waals surface area contributed by atoms with E-state index in [1.54, 1.807) is 0 Å². The highest BCUT2D eigenvalue weighted by Gasteiger charge is 2.50. The minimum absolute atomic E-state index is 0.00339. The first-order valence-corrected chi connectivity index (χ1v) is 8.49. The van der Waals surface area contributed by atoms with E-state index in [4.69, 9.17) is 5.73 Å². The van der Waals surface area contributed by atoms with E-state index in [0.717, 1.165) is 30.8 Å². The third-order valence-electron chi connectivity index (χ3n) is 5.61. The number of fused-ring (bicyclic) bond motifs is 2. The molecule has 4 heteroatoms. The number of amides is 1. The van der Waals surface area contributed by atoms with Crippen molar-refractivity contribution >= 4 is 5.91 Å². The van der Waals surface area contributed by atoms with Gasteiger partial charge in [-0.15, -0.1) is 0 Å². The first-order chi connectivity index (χ1) is 11.6. The van der Waals surface area contributed by atoms with Gasteiger partial charge < -0.3 is 11.1 Å². The molecule has 2 aromatic carbocycles. The average Bonchev–Trinajstić information content (AvgIpc) is 2.88. The number of likely N-dealkylation sites (tertiary alicyclic amines) is 1. The Kier molecular flexibility index (Phi) is 3.66. The first-order valence-electron chi connectivity index (χ1n) is 8.49. The number of carbonyl (C=O) groups excluding carboxylic acids is 1. The van der Waals surface area contributed by atoms with Crippen molar-refractivity contribution in [1.29, 1.82) is 0 Å². The van der Waals surface area contributed by atoms with Crippen LogP contribution >= 0.6 is 0 Å². The predicted octanol–water partition coefficient (Wildman–Crippen LogP) is 2.32. The highest BCUT2D eigenvalue weighted by atomic mass is 16.1. The molecule has 0 aliphatic carbocycles. The van der Waals surface area contributed by atoms with Gasteiger partial charge >= 0.3 is 0 Å². The molecule has 0 unspecified atom stereocenters. The third-order valence-corrected chi connectivity index (χ3v) is 5.61. The SMILES string of the molecule is C[C@]12CN(Cc3ccccc3)C[C@@H]1NC(=O)c1ccccc1[C@H]2N. The maximum absolute atomic E-state index is 12.6. The van der Waals surface area contributed by atoms with Gasteiger partial charge in [0.1, 0.15) is 0 Å². The number of hydrogen-bond donors (Lipinski definition) is 2. The van der Waals surface area contributed by atoms with Gasteiger partial charge in [0.05, 0.1) is 6.04 Å². The number of hydrogen-bond acceptors (Lipinski definition) is 3. The number of rotatable bonds is 2. The number of nitrogens with two attached hydrogens (primary N) is 1. The smallest absolute Gasteiger partial charge is 0.251 e. The second-order valence-corrected chi connectivity index (χ2v) is 7.25. The van der Waals surface area contributed by atoms with E-state index in [1.165, 1.54) is 5.56 Å². The van der Waals surface area contributed by atoms with Crippen LogP contribution in [0.2, 0.25) is 0 Å². The lowest BCUT2D eigenvalue weighted by atomic mass is 9.75. The van der Waals surface area contributed by atoms with Crippen LogP contribution in [0.5, 0.6) is 0 Å². The third kappa shape index (κ3) is 2.43. The molecule has 2 aliphatic rings. The summed E-state index contributed by atoms with van der Waals surface area (Å²) in [4.78, 5) is 15.0. The van der Waals surface area contributed by atoms with Crippen LogP contribution in [0.1, 0.15) is 34.5 Å². The molecule has 0 saturated carbocycles. The summed E-state index contributed by atoms with van der Waals surface area (Å²) in [7, 11) is 0. The summed E-state index contributed by atoms with van der Waals surface area (Å²) in [5.74, 6) is -0.00339. The Balaban J connectivity index is 1.64. The van der Waals surface area contributed by atoms with Crippen molar-refractivity contribution in [3.05, 3.63) is 71.3 Å². The fourth-order valence-corrected chi connectivity index (χ4v) is 4.18. The largest absolute Gasteiger partial charge is 0.347 e. The van der Waals surface area contributed by atoms with E-state index in [2.05, 4.69) is 41.4 Å². The zero-order valence-corrected chi connectivity index (χ0v) is 13.9. The van der Waals surface area contributed by atoms with E-state index in [9.17, 15) is 4.79 Å². The van der Waals surface area contributed by atoms with Crippen LogP contribution in [0.4, 0.5) is 0 Å². The van der Waals surface area contributed by atoms with Gasteiger partial charge in [0.25, 0.3) is 5.91 Å². The molecule has 24 heavy (non-hydrogen) atoms. The van der Waals surface area contributed by atoms with Crippen molar-refractivity contribution in [1.82, 2.24) is 10.2 Å². The fraction of sp³-hybridized carbons (Fsp3) is 0.350. The van der Waals surface area contributed by atoms with Crippen molar-refractivity contribution < 1.29 is 4.79 Å². The highest BCUT2D eigenvalue weighted by Crippen LogP contribution is 2.43. The lowest BCUT2D eigenvalue weighted by Crippen LogP contribution is -2.47. The van der Waals surface area contributed by atoms with Crippen molar-refractivity contribution in [3.8, 4) is 0 Å². The normalized spacial score (nSPS) is 29.5. The standard InChI is InChI=1S/C20H23N3O/c1-20-13-23(11-14-7-3-2-4-8-14)12-17(20)22-19(24)16-10-6-5-9-15(16)18(20)21/h2-10,17-18H,11-13,21H2,1H3,(H,22,24)/t17-,18+,20-/m0/s1. The topological polar surface area (TPSA) is 58.4 Å². The number of nitrogens with one attached hydrogen (secondary N) is 1. The van der Waals surface area contributed by atoms with Crippen molar-refractivity contribution in [2.75, 3.05) is 13.1 Å². The quantitative estimate of drug-likeness (QED) is 0.892. The summed E-state index contributed by atoms with van der Waals surface area (Å²) in [5.41, 5.74) is 9.46. The zero-order chi connectivity index (χ0) is 16.7. The Morgan fingerprint density at radius 3 is 2.67 bits per heavy atom. The first kappa shape index (κ1) is 15.4. The Bertz CT molecular complexity index is 760. The van der Waals surface area contributed by atoms with Crippen LogP contribution in [0.15, 0.2) is 54.6 Å². The number of nitrogens with zero attached hydrogens (tertiary/aromatic N) is 1. The van der Waals surface area contributed by atoms with Crippen LogP contribution in [0, 0.1) is 5.41 Å². The molecule has 2 aromatic rings. The summed E-state index contributed by atoms with van der Waals surface area (Å²) in [6.07, 6.45) is 0. The molecule has 4 nitrogen and oxygen atoms in total. The molecule has 0 radical (unpaired) electrons. The van der Waals surface area contributed by atoms with Gasteiger partial charge in [-0.1, -0.05) is 55.5 Å². The molecule has 4 rings (SSSR count). The highest BCUT2D eigenvalue weighted by molar-refractivity contribution is 5.96. The Hall–Kier alpha value is -2.17. The van der Waals surface area contributed by atoms with Crippen LogP contribution in [-0.4, -0.2) is 29.9 Å². The molecule has 1 amide bonds. The zero-order valence-electron chi connectivity index (χ0n) is 13.9. The molecule has 0 spiro atoms. The maximum atomic E-state index is 12.6. The van der Waals surface area contributed by atoms with Gasteiger partial charge in [-0.3, -0.25) is 9.69 Å². The molecule has 3 N–H and O–H groups in total. The van der Waals surface area contributed by atoms with Crippen LogP contribution < -0.4 is 11.1 Å². The second kappa shape index (κ2) is 5.72. The maximum Gasteiger partial charge on any atom is 0.251 e. The average molecular weight is 321 g/mol. The molecule has 124 valence electrons. The molecule has 1 fully saturated rings. The lowest BCUT2D eigenvalue weighted by molar-refractivity contribution is 0.0918. The summed E-state index contributed by atoms with van der Waals surface area (Å²) in [6, 6.07) is 18.1. The summed E-state index contributed by atoms with van der Waals surface area (Å²) in [5, 5.41) is 3.22.